The van der Waals surface area contributed by atoms with Crippen molar-refractivity contribution in [3.63, 3.8) is 0 Å². The van der Waals surface area contributed by atoms with Crippen LogP contribution in [0, 0.1) is 17.9 Å². The number of carbonyl (C=O) groups is 1. The molecule has 1 aromatic heterocycles. The van der Waals surface area contributed by atoms with Gasteiger partial charge in [-0.3, -0.25) is 4.79 Å². The summed E-state index contributed by atoms with van der Waals surface area (Å²) in [4.78, 5) is 16.0. The Morgan fingerprint density at radius 3 is 2.28 bits per heavy atom. The molecule has 1 N–H and O–H groups in total. The molecule has 0 bridgehead atoms. The van der Waals surface area contributed by atoms with Gasteiger partial charge in [-0.25, -0.2) is 0 Å². The topological polar surface area (TPSA) is 50.2 Å². The predicted molar refractivity (Wildman–Crippen MR) is 159 cm³/mol. The first-order valence-electron chi connectivity index (χ1n) is 13.6. The Morgan fingerprint density at radius 1 is 0.872 bits per heavy atom. The van der Waals surface area contributed by atoms with Crippen LogP contribution in [0.2, 0.25) is 0 Å². The van der Waals surface area contributed by atoms with Crippen molar-refractivity contribution in [3.8, 4) is 33.5 Å². The van der Waals surface area contributed by atoms with Crippen LogP contribution in [-0.4, -0.2) is 15.9 Å². The molecule has 1 aliphatic carbocycles. The van der Waals surface area contributed by atoms with Gasteiger partial charge in [0.1, 0.15) is 0 Å². The monoisotopic (exact) mass is 697 g/mol. The Labute approximate surface area is 246 Å². The van der Waals surface area contributed by atoms with Crippen molar-refractivity contribution < 1.29 is 30.0 Å². The fourth-order valence-corrected chi connectivity index (χ4v) is 5.00. The normalized spacial score (nSPS) is 11.9. The molecule has 0 atom stereocenters. The molecule has 1 radical (unpaired) electrons. The molecule has 0 amide bonds. The fourth-order valence-electron chi connectivity index (χ4n) is 5.00. The smallest absolute Gasteiger partial charge is 0.159 e. The molecular weight excluding hydrogens is 659 g/mol. The Balaban J connectivity index is 0.000000260. The van der Waals surface area contributed by atoms with Crippen molar-refractivity contribution in [2.75, 3.05) is 0 Å². The second-order valence-electron chi connectivity index (χ2n) is 11.3. The largest absolute Gasteiger partial charge is 0.512 e. The number of ketones is 1. The van der Waals surface area contributed by atoms with Crippen LogP contribution in [0.25, 0.3) is 44.3 Å². The van der Waals surface area contributed by atoms with Crippen molar-refractivity contribution in [2.45, 2.75) is 60.3 Å². The van der Waals surface area contributed by atoms with Crippen LogP contribution in [0.1, 0.15) is 65.9 Å². The minimum absolute atomic E-state index is 0. The van der Waals surface area contributed by atoms with E-state index in [1.54, 1.807) is 0 Å². The molecule has 3 nitrogen and oxygen atoms in total. The van der Waals surface area contributed by atoms with E-state index in [9.17, 15) is 9.90 Å². The number of allylic oxidation sites excluding steroid dienone is 2. The Morgan fingerprint density at radius 2 is 1.59 bits per heavy atom. The van der Waals surface area contributed by atoms with Crippen LogP contribution in [-0.2, 0) is 24.9 Å². The summed E-state index contributed by atoms with van der Waals surface area (Å²) in [6, 6.07) is 25.2. The second kappa shape index (κ2) is 13.3. The molecule has 0 spiro atoms. The molecule has 3 aromatic carbocycles. The summed E-state index contributed by atoms with van der Waals surface area (Å²) in [5.74, 6) is 1.48. The first-order chi connectivity index (χ1) is 18.2. The molecule has 205 valence electrons. The van der Waals surface area contributed by atoms with Gasteiger partial charge in [-0.05, 0) is 57.0 Å². The maximum absolute atomic E-state index is 11.2. The third-order valence-corrected chi connectivity index (χ3v) is 6.73. The number of fused-ring (bicyclic) bond motifs is 5. The van der Waals surface area contributed by atoms with E-state index < -0.39 is 0 Å². The van der Waals surface area contributed by atoms with E-state index in [0.29, 0.717) is 30.6 Å². The zero-order chi connectivity index (χ0) is 27.4. The van der Waals surface area contributed by atoms with Gasteiger partial charge >= 0.3 is 0 Å². The van der Waals surface area contributed by atoms with Gasteiger partial charge < -0.3 is 10.1 Å². The summed E-state index contributed by atoms with van der Waals surface area (Å²) < 4.78 is 0. The maximum atomic E-state index is 11.2. The van der Waals surface area contributed by atoms with E-state index in [1.807, 2.05) is 40.0 Å². The van der Waals surface area contributed by atoms with Gasteiger partial charge in [0, 0.05) is 45.2 Å². The Hall–Kier alpha value is -3.07. The molecule has 0 fully saturated rings. The number of aromatic nitrogens is 1. The number of hydrogen-bond acceptors (Lipinski definition) is 3. The predicted octanol–water partition coefficient (Wildman–Crippen LogP) is 9.56. The second-order valence-corrected chi connectivity index (χ2v) is 11.3. The van der Waals surface area contributed by atoms with Gasteiger partial charge in [-0.15, -0.1) is 29.8 Å². The maximum Gasteiger partial charge on any atom is 0.159 e. The summed E-state index contributed by atoms with van der Waals surface area (Å²) in [5, 5.41) is 11.8. The van der Waals surface area contributed by atoms with Crippen LogP contribution in [0.15, 0.2) is 78.7 Å². The summed E-state index contributed by atoms with van der Waals surface area (Å²) in [5.41, 5.74) is 8.53. The minimum atomic E-state index is 0. The van der Waals surface area contributed by atoms with Crippen molar-refractivity contribution in [1.29, 1.82) is 0 Å². The van der Waals surface area contributed by atoms with E-state index in [-0.39, 0.29) is 31.6 Å². The zero-order valence-electron chi connectivity index (χ0n) is 23.7. The van der Waals surface area contributed by atoms with Crippen LogP contribution >= 0.6 is 0 Å². The molecule has 4 heteroatoms. The average molecular weight is 697 g/mol. The minimum Gasteiger partial charge on any atom is -0.512 e. The standard InChI is InChI=1S/C24H18N.C11H20O2.Ir/c1-15(2)17-10-11-19-20-9-5-6-16-12-13-25-24(23(16)20)21-8-4-3-7-18(21)22(19)14-17;1-8(2)5-10(12)7-11(13)6-9(3)4;/h3-7,9-15H,1-2H3;7-9,12H,5-6H2,1-4H3;/q-1;;/b;10-7-;. The van der Waals surface area contributed by atoms with Gasteiger partial charge in [0.05, 0.1) is 5.76 Å². The van der Waals surface area contributed by atoms with E-state index in [1.165, 1.54) is 44.7 Å². The van der Waals surface area contributed by atoms with Crippen molar-refractivity contribution in [3.05, 3.63) is 90.3 Å². The van der Waals surface area contributed by atoms with E-state index in [0.717, 1.165) is 11.3 Å². The van der Waals surface area contributed by atoms with Gasteiger partial charge in [-0.2, -0.15) is 0 Å². The SMILES string of the molecule is CC(C)CC(=O)/C=C(\O)CC(C)C.CC(C)c1ccc2c(c1)-c1ccc[c-]c1-c1nccc3cccc-2c13.[Ir]. The Kier molecular flexibility index (Phi) is 10.4. The molecule has 0 saturated heterocycles. The van der Waals surface area contributed by atoms with Crippen LogP contribution in [0.5, 0.6) is 0 Å². The van der Waals surface area contributed by atoms with E-state index in [4.69, 9.17) is 4.98 Å². The molecule has 1 aliphatic rings. The number of nitrogens with zero attached hydrogens (tertiary/aromatic N) is 1. The number of benzene rings is 3. The van der Waals surface area contributed by atoms with Gasteiger partial charge in [-0.1, -0.05) is 89.1 Å². The molecule has 4 aromatic rings. The molecule has 39 heavy (non-hydrogen) atoms. The summed E-state index contributed by atoms with van der Waals surface area (Å²) in [6.07, 6.45) is 4.37. The van der Waals surface area contributed by atoms with E-state index in [2.05, 4.69) is 74.5 Å². The molecule has 0 saturated carbocycles. The average Bonchev–Trinajstić information content (AvgIpc) is 2.98. The Bertz CT molecular complexity index is 1480. The summed E-state index contributed by atoms with van der Waals surface area (Å²) >= 11 is 0. The zero-order valence-corrected chi connectivity index (χ0v) is 26.1. The van der Waals surface area contributed by atoms with E-state index >= 15 is 0 Å². The molecule has 0 aliphatic heterocycles. The fraction of sp³-hybridized carbons (Fsp3) is 0.314. The quantitative estimate of drug-likeness (QED) is 0.109. The van der Waals surface area contributed by atoms with Crippen molar-refractivity contribution in [2.24, 2.45) is 11.8 Å². The number of hydrogen-bond donors (Lipinski definition) is 1. The summed E-state index contributed by atoms with van der Waals surface area (Å²) in [6.45, 7) is 12.5. The number of rotatable bonds is 6. The first kappa shape index (κ1) is 30.5. The summed E-state index contributed by atoms with van der Waals surface area (Å²) in [7, 11) is 0. The number of carbonyl (C=O) groups excluding carboxylic acids is 1. The van der Waals surface area contributed by atoms with Gasteiger partial charge in [0.25, 0.3) is 0 Å². The van der Waals surface area contributed by atoms with Gasteiger partial charge in [0.15, 0.2) is 5.78 Å². The number of aliphatic hydroxyl groups is 1. The van der Waals surface area contributed by atoms with Crippen LogP contribution in [0.4, 0.5) is 0 Å². The van der Waals surface area contributed by atoms with Crippen LogP contribution in [0.3, 0.4) is 0 Å². The van der Waals surface area contributed by atoms with Crippen molar-refractivity contribution >= 4 is 16.6 Å². The third-order valence-electron chi connectivity index (χ3n) is 6.73. The molecule has 0 unspecified atom stereocenters. The number of pyridine rings is 1. The van der Waals surface area contributed by atoms with Crippen LogP contribution < -0.4 is 0 Å². The van der Waals surface area contributed by atoms with Gasteiger partial charge in [0.2, 0.25) is 0 Å². The third kappa shape index (κ3) is 7.12. The number of aliphatic hydroxyl groups excluding tert-OH is 1. The first-order valence-corrected chi connectivity index (χ1v) is 13.6. The molecular formula is C35H38IrNO2-. The molecule has 1 heterocycles. The molecule has 5 rings (SSSR count). The van der Waals surface area contributed by atoms with Crippen molar-refractivity contribution in [1.82, 2.24) is 4.98 Å².